The van der Waals surface area contributed by atoms with E-state index in [-0.39, 0.29) is 39.6 Å². The topological polar surface area (TPSA) is 158 Å². The summed E-state index contributed by atoms with van der Waals surface area (Å²) in [6.07, 6.45) is 3.93. The Hall–Kier alpha value is -0.480. The highest BCUT2D eigenvalue weighted by atomic mass is 16.3. The van der Waals surface area contributed by atoms with Gasteiger partial charge in [-0.2, -0.15) is 0 Å². The minimum absolute atomic E-state index is 0.0937. The summed E-state index contributed by atoms with van der Waals surface area (Å²) in [5, 5.41) is 61.6. The van der Waals surface area contributed by atoms with Crippen LogP contribution in [0.15, 0.2) is 0 Å². The Morgan fingerprint density at radius 1 is 0.289 bits per heavy atom. The van der Waals surface area contributed by atoms with Crippen LogP contribution in [0.5, 0.6) is 0 Å². The molecule has 0 aliphatic carbocycles. The normalized spacial score (nSPS) is 12.2. The predicted molar refractivity (Wildman–Crippen MR) is 152 cm³/mol. The third-order valence-corrected chi connectivity index (χ3v) is 6.53. The fourth-order valence-corrected chi connectivity index (χ4v) is 4.49. The number of rotatable bonds is 31. The van der Waals surface area contributed by atoms with Gasteiger partial charge in [0.05, 0.1) is 39.6 Å². The summed E-state index contributed by atoms with van der Waals surface area (Å²) >= 11 is 0. The van der Waals surface area contributed by atoms with Crippen LogP contribution in [-0.2, 0) is 0 Å². The Morgan fingerprint density at radius 2 is 0.579 bits per heavy atom. The largest absolute Gasteiger partial charge is 0.395 e. The standard InChI is InChI=1S/C26H60N6O6/c33-21-7-27-5-1-9-29(11-3-13-31(17-23-35)18-24-36)15-16-30(10-2-6-28-8-22-34)12-4-14-32(19-25-37)20-26-38/h27-28,33-38H,1-26H2. The average molecular weight is 553 g/mol. The van der Waals surface area contributed by atoms with Gasteiger partial charge in [-0.1, -0.05) is 0 Å². The van der Waals surface area contributed by atoms with E-state index >= 15 is 0 Å². The Balaban J connectivity index is 4.88. The van der Waals surface area contributed by atoms with Crippen LogP contribution in [0.2, 0.25) is 0 Å². The van der Waals surface area contributed by atoms with Crippen LogP contribution in [0.1, 0.15) is 25.7 Å². The summed E-state index contributed by atoms with van der Waals surface area (Å²) in [6.45, 7) is 13.3. The molecule has 0 aliphatic heterocycles. The summed E-state index contributed by atoms with van der Waals surface area (Å²) in [7, 11) is 0. The highest BCUT2D eigenvalue weighted by molar-refractivity contribution is 4.68. The number of nitrogens with one attached hydrogen (secondary N) is 2. The van der Waals surface area contributed by atoms with E-state index in [1.54, 1.807) is 0 Å². The zero-order valence-electron chi connectivity index (χ0n) is 23.9. The molecular formula is C26H60N6O6. The predicted octanol–water partition coefficient (Wildman–Crippen LogP) is -3.11. The van der Waals surface area contributed by atoms with E-state index in [0.717, 1.165) is 91.1 Å². The van der Waals surface area contributed by atoms with Crippen molar-refractivity contribution in [3.05, 3.63) is 0 Å². The molecule has 12 heteroatoms. The van der Waals surface area contributed by atoms with Gasteiger partial charge in [-0.3, -0.25) is 9.80 Å². The van der Waals surface area contributed by atoms with Crippen LogP contribution in [0.4, 0.5) is 0 Å². The van der Waals surface area contributed by atoms with E-state index in [4.69, 9.17) is 10.2 Å². The van der Waals surface area contributed by atoms with Crippen LogP contribution in [0.3, 0.4) is 0 Å². The monoisotopic (exact) mass is 552 g/mol. The second-order valence-electron chi connectivity index (χ2n) is 9.62. The number of hydrogen-bond acceptors (Lipinski definition) is 12. The van der Waals surface area contributed by atoms with E-state index in [9.17, 15) is 20.4 Å². The van der Waals surface area contributed by atoms with Gasteiger partial charge in [0.25, 0.3) is 0 Å². The second-order valence-corrected chi connectivity index (χ2v) is 9.62. The van der Waals surface area contributed by atoms with Gasteiger partial charge in [-0.15, -0.1) is 0 Å². The van der Waals surface area contributed by atoms with Crippen LogP contribution in [-0.4, -0.2) is 195 Å². The molecule has 0 rings (SSSR count). The number of aliphatic hydroxyl groups excluding tert-OH is 6. The lowest BCUT2D eigenvalue weighted by atomic mass is 10.2. The highest BCUT2D eigenvalue weighted by Gasteiger charge is 2.12. The van der Waals surface area contributed by atoms with Crippen LogP contribution >= 0.6 is 0 Å². The maximum atomic E-state index is 9.28. The first-order valence-corrected chi connectivity index (χ1v) is 14.6. The molecular weight excluding hydrogens is 492 g/mol. The molecule has 0 saturated heterocycles. The lowest BCUT2D eigenvalue weighted by Crippen LogP contribution is -2.40. The Bertz CT molecular complexity index is 420. The molecule has 0 aromatic heterocycles. The quantitative estimate of drug-likeness (QED) is 0.0410. The molecule has 0 aliphatic rings. The third-order valence-electron chi connectivity index (χ3n) is 6.53. The molecule has 0 unspecified atom stereocenters. The molecule has 0 radical (unpaired) electrons. The third kappa shape index (κ3) is 23.4. The summed E-state index contributed by atoms with van der Waals surface area (Å²) in [4.78, 5) is 9.16. The molecule has 38 heavy (non-hydrogen) atoms. The van der Waals surface area contributed by atoms with E-state index in [1.165, 1.54) is 0 Å². The van der Waals surface area contributed by atoms with E-state index in [2.05, 4.69) is 30.2 Å². The maximum absolute atomic E-state index is 9.28. The summed E-state index contributed by atoms with van der Waals surface area (Å²) in [5.41, 5.74) is 0. The van der Waals surface area contributed by atoms with Gasteiger partial charge in [0.15, 0.2) is 0 Å². The van der Waals surface area contributed by atoms with Gasteiger partial charge >= 0.3 is 0 Å². The Labute approximate surface area is 231 Å². The van der Waals surface area contributed by atoms with Gasteiger partial charge in [-0.05, 0) is 78.0 Å². The second kappa shape index (κ2) is 29.5. The fourth-order valence-electron chi connectivity index (χ4n) is 4.49. The van der Waals surface area contributed by atoms with E-state index in [0.29, 0.717) is 39.3 Å². The van der Waals surface area contributed by atoms with Gasteiger partial charge in [0, 0.05) is 52.4 Å². The zero-order valence-corrected chi connectivity index (χ0v) is 23.9. The first kappa shape index (κ1) is 37.5. The van der Waals surface area contributed by atoms with Crippen molar-refractivity contribution in [2.45, 2.75) is 25.7 Å². The molecule has 0 bridgehead atoms. The molecule has 12 nitrogen and oxygen atoms in total. The van der Waals surface area contributed by atoms with Crippen LogP contribution in [0.25, 0.3) is 0 Å². The fraction of sp³-hybridized carbons (Fsp3) is 1.00. The van der Waals surface area contributed by atoms with Crippen molar-refractivity contribution in [2.24, 2.45) is 0 Å². The van der Waals surface area contributed by atoms with Crippen molar-refractivity contribution in [3.63, 3.8) is 0 Å². The van der Waals surface area contributed by atoms with Crippen molar-refractivity contribution in [3.8, 4) is 0 Å². The lowest BCUT2D eigenvalue weighted by molar-refractivity contribution is 0.143. The molecule has 0 atom stereocenters. The van der Waals surface area contributed by atoms with E-state index in [1.807, 2.05) is 0 Å². The van der Waals surface area contributed by atoms with Gasteiger partial charge in [0.1, 0.15) is 0 Å². The molecule has 0 heterocycles. The molecule has 0 spiro atoms. The maximum Gasteiger partial charge on any atom is 0.0558 e. The van der Waals surface area contributed by atoms with Crippen molar-refractivity contribution >= 4 is 0 Å². The Morgan fingerprint density at radius 3 is 0.868 bits per heavy atom. The first-order valence-electron chi connectivity index (χ1n) is 14.6. The van der Waals surface area contributed by atoms with E-state index < -0.39 is 0 Å². The average Bonchev–Trinajstić information content (AvgIpc) is 2.91. The van der Waals surface area contributed by atoms with Crippen molar-refractivity contribution in [1.29, 1.82) is 0 Å². The molecule has 0 amide bonds. The highest BCUT2D eigenvalue weighted by Crippen LogP contribution is 2.02. The minimum atomic E-state index is 0.0937. The molecule has 0 aromatic carbocycles. The molecule has 0 saturated carbocycles. The van der Waals surface area contributed by atoms with Crippen molar-refractivity contribution < 1.29 is 30.6 Å². The molecule has 0 fully saturated rings. The van der Waals surface area contributed by atoms with Gasteiger partial charge in [-0.25, -0.2) is 0 Å². The van der Waals surface area contributed by atoms with Crippen molar-refractivity contribution in [1.82, 2.24) is 30.2 Å². The first-order chi connectivity index (χ1) is 18.6. The van der Waals surface area contributed by atoms with Crippen molar-refractivity contribution in [2.75, 3.05) is 144 Å². The van der Waals surface area contributed by atoms with Crippen LogP contribution < -0.4 is 10.6 Å². The smallest absolute Gasteiger partial charge is 0.0558 e. The Kier molecular flexibility index (Phi) is 29.1. The number of aliphatic hydroxyl groups is 6. The zero-order chi connectivity index (χ0) is 28.1. The number of hydrogen-bond donors (Lipinski definition) is 8. The van der Waals surface area contributed by atoms with Gasteiger partial charge < -0.3 is 51.1 Å². The molecule has 0 aromatic rings. The number of nitrogens with zero attached hydrogens (tertiary/aromatic N) is 4. The summed E-state index contributed by atoms with van der Waals surface area (Å²) < 4.78 is 0. The van der Waals surface area contributed by atoms with Crippen LogP contribution in [0, 0.1) is 0 Å². The SMILES string of the molecule is OCCNCCCN(CCCN(CCO)CCO)CCN(CCCNCCO)CCCN(CCO)CCO. The summed E-state index contributed by atoms with van der Waals surface area (Å²) in [5.74, 6) is 0. The molecule has 230 valence electrons. The summed E-state index contributed by atoms with van der Waals surface area (Å²) in [6, 6.07) is 0. The lowest BCUT2D eigenvalue weighted by Gasteiger charge is -2.29. The molecule has 8 N–H and O–H groups in total. The van der Waals surface area contributed by atoms with Gasteiger partial charge in [0.2, 0.25) is 0 Å². The minimum Gasteiger partial charge on any atom is -0.395 e.